The molecule has 0 spiro atoms. The molecule has 0 aliphatic heterocycles. The predicted molar refractivity (Wildman–Crippen MR) is 56.8 cm³/mol. The second-order valence-corrected chi connectivity index (χ2v) is 3.01. The van der Waals surface area contributed by atoms with Gasteiger partial charge in [-0.05, 0) is 6.42 Å². The summed E-state index contributed by atoms with van der Waals surface area (Å²) >= 11 is 2.11. The molecule has 0 aromatic rings. The lowest BCUT2D eigenvalue weighted by molar-refractivity contribution is 0.0711. The van der Waals surface area contributed by atoms with Crippen molar-refractivity contribution in [2.24, 2.45) is 0 Å². The number of alkyl halides is 1. The molecule has 5 heteroatoms. The number of halogens is 1. The van der Waals surface area contributed by atoms with E-state index in [1.165, 1.54) is 5.48 Å². The van der Waals surface area contributed by atoms with Crippen LogP contribution >= 0.6 is 22.6 Å². The summed E-state index contributed by atoms with van der Waals surface area (Å²) in [6.07, 6.45) is 0.268. The molecule has 0 radical (unpaired) electrons. The number of hydroxylamine groups is 1. The van der Waals surface area contributed by atoms with Crippen molar-refractivity contribution in [2.75, 3.05) is 4.43 Å². The summed E-state index contributed by atoms with van der Waals surface area (Å²) in [4.78, 5) is 10.6. The van der Waals surface area contributed by atoms with E-state index in [1.54, 1.807) is 0 Å². The van der Waals surface area contributed by atoms with Crippen LogP contribution in [-0.4, -0.2) is 21.8 Å². The molecule has 0 saturated carbocycles. The van der Waals surface area contributed by atoms with Gasteiger partial charge in [-0.2, -0.15) is 0 Å². The molecule has 0 bridgehead atoms. The van der Waals surface area contributed by atoms with Crippen LogP contribution in [0.5, 0.6) is 0 Å². The Balaban J connectivity index is 4.01. The van der Waals surface area contributed by atoms with E-state index in [4.69, 9.17) is 9.94 Å². The highest BCUT2D eigenvalue weighted by Crippen LogP contribution is 2.01. The van der Waals surface area contributed by atoms with Gasteiger partial charge in [0, 0.05) is 0 Å². The van der Waals surface area contributed by atoms with Crippen LogP contribution in [0.1, 0.15) is 19.8 Å². The first-order valence-corrected chi connectivity index (χ1v) is 5.42. The SMILES string of the molecule is CCCC(C#CCI)OC(=O)NO. The number of carbonyl (C=O) groups is 1. The molecule has 0 fully saturated rings. The molecule has 1 amide bonds. The summed E-state index contributed by atoms with van der Waals surface area (Å²) < 4.78 is 5.46. The van der Waals surface area contributed by atoms with E-state index in [-0.39, 0.29) is 0 Å². The second kappa shape index (κ2) is 8.13. The molecule has 0 aromatic carbocycles. The third-order valence-corrected chi connectivity index (χ3v) is 1.60. The minimum absolute atomic E-state index is 0.424. The number of hydrogen-bond acceptors (Lipinski definition) is 3. The van der Waals surface area contributed by atoms with Crippen molar-refractivity contribution in [1.29, 1.82) is 0 Å². The number of ether oxygens (including phenoxy) is 1. The molecule has 0 aliphatic rings. The normalized spacial score (nSPS) is 11.0. The Morgan fingerprint density at radius 3 is 2.92 bits per heavy atom. The molecule has 0 rings (SSSR count). The Labute approximate surface area is 91.1 Å². The fourth-order valence-corrected chi connectivity index (χ4v) is 0.951. The lowest BCUT2D eigenvalue weighted by Gasteiger charge is -2.09. The minimum Gasteiger partial charge on any atom is -0.432 e. The highest BCUT2D eigenvalue weighted by atomic mass is 127. The number of amides is 1. The zero-order valence-corrected chi connectivity index (χ0v) is 9.50. The van der Waals surface area contributed by atoms with Gasteiger partial charge in [-0.25, -0.2) is 10.3 Å². The van der Waals surface area contributed by atoms with Crippen molar-refractivity contribution in [1.82, 2.24) is 5.48 Å². The van der Waals surface area contributed by atoms with E-state index in [1.807, 2.05) is 6.92 Å². The highest BCUT2D eigenvalue weighted by Gasteiger charge is 2.09. The average Bonchev–Trinajstić information content (AvgIpc) is 2.14. The summed E-state index contributed by atoms with van der Waals surface area (Å²) in [6, 6.07) is 0. The van der Waals surface area contributed by atoms with E-state index in [9.17, 15) is 4.79 Å². The van der Waals surface area contributed by atoms with Gasteiger partial charge in [-0.1, -0.05) is 47.8 Å². The lowest BCUT2D eigenvalue weighted by atomic mass is 10.2. The maximum atomic E-state index is 10.6. The molecule has 0 aromatic heterocycles. The van der Waals surface area contributed by atoms with Gasteiger partial charge in [0.05, 0.1) is 4.43 Å². The summed E-state index contributed by atoms with van der Waals surface area (Å²) in [7, 11) is 0. The predicted octanol–water partition coefficient (Wildman–Crippen LogP) is 1.71. The summed E-state index contributed by atoms with van der Waals surface area (Å²) in [5, 5.41) is 8.20. The van der Waals surface area contributed by atoms with Crippen molar-refractivity contribution in [2.45, 2.75) is 25.9 Å². The van der Waals surface area contributed by atoms with E-state index < -0.39 is 12.2 Å². The minimum atomic E-state index is -0.860. The van der Waals surface area contributed by atoms with Crippen molar-refractivity contribution >= 4 is 28.7 Å². The first-order valence-electron chi connectivity index (χ1n) is 3.89. The summed E-state index contributed by atoms with van der Waals surface area (Å²) in [6.45, 7) is 1.97. The van der Waals surface area contributed by atoms with Gasteiger partial charge in [-0.15, -0.1) is 0 Å². The Morgan fingerprint density at radius 2 is 2.46 bits per heavy atom. The molecule has 2 N–H and O–H groups in total. The van der Waals surface area contributed by atoms with Crippen molar-refractivity contribution in [3.05, 3.63) is 0 Å². The van der Waals surface area contributed by atoms with Gasteiger partial charge in [0.15, 0.2) is 6.10 Å². The van der Waals surface area contributed by atoms with Gasteiger partial charge < -0.3 is 4.74 Å². The monoisotopic (exact) mass is 297 g/mol. The molecule has 13 heavy (non-hydrogen) atoms. The standard InChI is InChI=1S/C8H12INO3/c1-2-4-7(5-3-6-9)13-8(11)10-12/h7,12H,2,4,6H2,1H3,(H,10,11). The first kappa shape index (κ1) is 12.5. The molecule has 0 saturated heterocycles. The molecule has 0 heterocycles. The lowest BCUT2D eigenvalue weighted by Crippen LogP contribution is -2.25. The third kappa shape index (κ3) is 6.66. The Bertz CT molecular complexity index is 209. The Hall–Kier alpha value is -0.480. The highest BCUT2D eigenvalue weighted by molar-refractivity contribution is 14.1. The van der Waals surface area contributed by atoms with Crippen LogP contribution in [0.25, 0.3) is 0 Å². The first-order chi connectivity index (χ1) is 6.24. The number of hydrogen-bond donors (Lipinski definition) is 2. The van der Waals surface area contributed by atoms with E-state index in [0.29, 0.717) is 10.8 Å². The Morgan fingerprint density at radius 1 is 1.77 bits per heavy atom. The van der Waals surface area contributed by atoms with Gasteiger partial charge in [-0.3, -0.25) is 5.21 Å². The van der Waals surface area contributed by atoms with Crippen LogP contribution < -0.4 is 5.48 Å². The molecular weight excluding hydrogens is 285 g/mol. The quantitative estimate of drug-likeness (QED) is 0.274. The average molecular weight is 297 g/mol. The van der Waals surface area contributed by atoms with Crippen molar-refractivity contribution in [3.8, 4) is 11.8 Å². The summed E-state index contributed by atoms with van der Waals surface area (Å²) in [5.41, 5.74) is 1.40. The Kier molecular flexibility index (Phi) is 7.83. The van der Waals surface area contributed by atoms with Gasteiger partial charge >= 0.3 is 6.09 Å². The van der Waals surface area contributed by atoms with Crippen molar-refractivity contribution < 1.29 is 14.7 Å². The van der Waals surface area contributed by atoms with Crippen LogP contribution in [0.4, 0.5) is 4.79 Å². The maximum Gasteiger partial charge on any atom is 0.432 e. The number of rotatable bonds is 3. The zero-order valence-electron chi connectivity index (χ0n) is 7.34. The van der Waals surface area contributed by atoms with Gasteiger partial charge in [0.25, 0.3) is 0 Å². The fourth-order valence-electron chi connectivity index (χ4n) is 0.731. The summed E-state index contributed by atoms with van der Waals surface area (Å²) in [5.74, 6) is 5.60. The third-order valence-electron chi connectivity index (χ3n) is 1.22. The van der Waals surface area contributed by atoms with Crippen LogP contribution in [-0.2, 0) is 4.74 Å². The number of carbonyl (C=O) groups excluding carboxylic acids is 1. The van der Waals surface area contributed by atoms with E-state index >= 15 is 0 Å². The second-order valence-electron chi connectivity index (χ2n) is 2.25. The topological polar surface area (TPSA) is 58.6 Å². The molecule has 74 valence electrons. The fraction of sp³-hybridized carbons (Fsp3) is 0.625. The molecular formula is C8H12INO3. The molecule has 4 nitrogen and oxygen atoms in total. The van der Waals surface area contributed by atoms with Crippen molar-refractivity contribution in [3.63, 3.8) is 0 Å². The van der Waals surface area contributed by atoms with Crippen LogP contribution in [0.2, 0.25) is 0 Å². The van der Waals surface area contributed by atoms with Crippen LogP contribution in [0, 0.1) is 11.8 Å². The number of nitrogens with one attached hydrogen (secondary N) is 1. The van der Waals surface area contributed by atoms with E-state index in [2.05, 4.69) is 34.4 Å². The molecule has 1 unspecified atom stereocenters. The van der Waals surface area contributed by atoms with Crippen LogP contribution in [0.15, 0.2) is 0 Å². The molecule has 0 aliphatic carbocycles. The maximum absolute atomic E-state index is 10.6. The zero-order chi connectivity index (χ0) is 10.1. The smallest absolute Gasteiger partial charge is 0.432 e. The van der Waals surface area contributed by atoms with Gasteiger partial charge in [0.2, 0.25) is 0 Å². The largest absolute Gasteiger partial charge is 0.432 e. The van der Waals surface area contributed by atoms with Crippen LogP contribution in [0.3, 0.4) is 0 Å². The van der Waals surface area contributed by atoms with Gasteiger partial charge in [0.1, 0.15) is 0 Å². The van der Waals surface area contributed by atoms with E-state index in [0.717, 1.165) is 6.42 Å². The molecule has 1 atom stereocenters.